The Hall–Kier alpha value is -1.44. The predicted octanol–water partition coefficient (Wildman–Crippen LogP) is 0.327. The number of nitrogens with one attached hydrogen (secondary N) is 1. The van der Waals surface area contributed by atoms with Crippen LogP contribution in [-0.2, 0) is 9.59 Å². The minimum atomic E-state index is -1.24. The van der Waals surface area contributed by atoms with Crippen molar-refractivity contribution in [3.8, 4) is 0 Å². The van der Waals surface area contributed by atoms with Gasteiger partial charge in [-0.3, -0.25) is 14.5 Å². The minimum absolute atomic E-state index is 0.0896. The molecule has 22 heavy (non-hydrogen) atoms. The number of nitrogens with zero attached hydrogens (tertiary/aromatic N) is 1. The number of amides is 1. The molecular formula is C15H28N2O5. The van der Waals surface area contributed by atoms with E-state index in [1.165, 1.54) is 4.90 Å². The Morgan fingerprint density at radius 2 is 2.00 bits per heavy atom. The highest BCUT2D eigenvalue weighted by atomic mass is 16.4. The lowest BCUT2D eigenvalue weighted by Crippen LogP contribution is -2.45. The normalized spacial score (nSPS) is 12.7. The van der Waals surface area contributed by atoms with Gasteiger partial charge in [-0.25, -0.2) is 0 Å². The molecular weight excluding hydrogens is 288 g/mol. The van der Waals surface area contributed by atoms with E-state index < -0.39 is 18.8 Å². The molecule has 0 aliphatic heterocycles. The van der Waals surface area contributed by atoms with Gasteiger partial charge in [0.05, 0.1) is 13.2 Å². The third kappa shape index (κ3) is 11.2. The van der Waals surface area contributed by atoms with Gasteiger partial charge in [0, 0.05) is 19.5 Å². The topological polar surface area (TPSA) is 110 Å². The molecule has 4 N–H and O–H groups in total. The largest absolute Gasteiger partial charge is 0.480 e. The lowest BCUT2D eigenvalue weighted by atomic mass is 10.2. The van der Waals surface area contributed by atoms with Gasteiger partial charge in [0.25, 0.3) is 0 Å². The van der Waals surface area contributed by atoms with E-state index in [4.69, 9.17) is 10.2 Å². The summed E-state index contributed by atoms with van der Waals surface area (Å²) in [6.07, 6.45) is 7.15. The van der Waals surface area contributed by atoms with Crippen LogP contribution in [0.1, 0.15) is 39.0 Å². The molecule has 0 heterocycles. The lowest BCUT2D eigenvalue weighted by molar-refractivity contribution is -0.142. The molecule has 0 aromatic heterocycles. The van der Waals surface area contributed by atoms with E-state index in [2.05, 4.69) is 24.4 Å². The van der Waals surface area contributed by atoms with Crippen molar-refractivity contribution in [1.29, 1.82) is 0 Å². The van der Waals surface area contributed by atoms with Crippen molar-refractivity contribution in [3.63, 3.8) is 0 Å². The molecule has 0 fully saturated rings. The van der Waals surface area contributed by atoms with Crippen molar-refractivity contribution in [2.24, 2.45) is 0 Å². The summed E-state index contributed by atoms with van der Waals surface area (Å²) in [5, 5.41) is 29.7. The maximum absolute atomic E-state index is 11.6. The van der Waals surface area contributed by atoms with Crippen LogP contribution < -0.4 is 5.32 Å². The fourth-order valence-electron chi connectivity index (χ4n) is 1.88. The summed E-state index contributed by atoms with van der Waals surface area (Å²) in [6, 6.07) is 0. The number of rotatable bonds is 13. The summed E-state index contributed by atoms with van der Waals surface area (Å²) < 4.78 is 0. The zero-order valence-corrected chi connectivity index (χ0v) is 13.2. The minimum Gasteiger partial charge on any atom is -0.480 e. The fraction of sp³-hybridized carbons (Fsp3) is 0.733. The van der Waals surface area contributed by atoms with E-state index in [-0.39, 0.29) is 25.5 Å². The van der Waals surface area contributed by atoms with Crippen molar-refractivity contribution in [1.82, 2.24) is 10.2 Å². The highest BCUT2D eigenvalue weighted by Gasteiger charge is 2.17. The number of allylic oxidation sites excluding steroid dienone is 2. The summed E-state index contributed by atoms with van der Waals surface area (Å²) in [6.45, 7) is 1.54. The van der Waals surface area contributed by atoms with Crippen LogP contribution in [0.25, 0.3) is 0 Å². The molecule has 0 radical (unpaired) electrons. The molecule has 0 aliphatic carbocycles. The molecule has 1 atom stereocenters. The van der Waals surface area contributed by atoms with Gasteiger partial charge in [-0.2, -0.15) is 0 Å². The van der Waals surface area contributed by atoms with E-state index in [0.717, 1.165) is 25.7 Å². The number of carbonyl (C=O) groups excluding carboxylic acids is 1. The third-order valence-corrected chi connectivity index (χ3v) is 3.07. The Morgan fingerprint density at radius 1 is 1.27 bits per heavy atom. The smallest absolute Gasteiger partial charge is 0.317 e. The summed E-state index contributed by atoms with van der Waals surface area (Å²) in [7, 11) is 0. The predicted molar refractivity (Wildman–Crippen MR) is 83.2 cm³/mol. The van der Waals surface area contributed by atoms with Gasteiger partial charge in [-0.15, -0.1) is 0 Å². The average Bonchev–Trinajstić information content (AvgIpc) is 2.48. The van der Waals surface area contributed by atoms with Crippen molar-refractivity contribution >= 4 is 11.9 Å². The molecule has 0 aromatic carbocycles. The zero-order valence-electron chi connectivity index (χ0n) is 13.2. The fourth-order valence-corrected chi connectivity index (χ4v) is 1.88. The number of aliphatic hydroxyl groups is 2. The van der Waals surface area contributed by atoms with Crippen molar-refractivity contribution in [3.05, 3.63) is 12.2 Å². The molecule has 0 aliphatic rings. The second-order valence-electron chi connectivity index (χ2n) is 5.00. The Labute approximate surface area is 131 Å². The van der Waals surface area contributed by atoms with Gasteiger partial charge in [0.1, 0.15) is 6.23 Å². The van der Waals surface area contributed by atoms with Crippen LogP contribution in [0.4, 0.5) is 0 Å². The zero-order chi connectivity index (χ0) is 16.8. The van der Waals surface area contributed by atoms with Crippen LogP contribution in [0.15, 0.2) is 12.2 Å². The van der Waals surface area contributed by atoms with Gasteiger partial charge >= 0.3 is 5.97 Å². The summed E-state index contributed by atoms with van der Waals surface area (Å²) in [5.74, 6) is -1.19. The van der Waals surface area contributed by atoms with E-state index in [1.54, 1.807) is 0 Å². The van der Waals surface area contributed by atoms with Crippen LogP contribution in [-0.4, -0.2) is 64.6 Å². The standard InChI is InChI=1S/C15H28N2O5/c1-2-3-4-5-6-7-8-13(19)16-9-10-17(11-15(21)22)14(20)12-18/h3-4,14,18,20H,2,5-12H2,1H3,(H,16,19)(H,21,22)/b4-3+. The van der Waals surface area contributed by atoms with Gasteiger partial charge < -0.3 is 20.6 Å². The molecule has 7 nitrogen and oxygen atoms in total. The van der Waals surface area contributed by atoms with E-state index in [0.29, 0.717) is 6.42 Å². The summed E-state index contributed by atoms with van der Waals surface area (Å²) in [4.78, 5) is 23.4. The van der Waals surface area contributed by atoms with Crippen LogP contribution in [0.5, 0.6) is 0 Å². The van der Waals surface area contributed by atoms with Crippen LogP contribution in [0, 0.1) is 0 Å². The number of carbonyl (C=O) groups is 2. The van der Waals surface area contributed by atoms with Crippen molar-refractivity contribution in [2.75, 3.05) is 26.2 Å². The SMILES string of the molecule is CC/C=C/CCCCC(=O)NCCN(CC(=O)O)C(O)CO. The second kappa shape index (κ2) is 13.2. The molecule has 0 saturated heterocycles. The third-order valence-electron chi connectivity index (χ3n) is 3.07. The summed E-state index contributed by atoms with van der Waals surface area (Å²) >= 11 is 0. The van der Waals surface area contributed by atoms with Crippen molar-refractivity contribution < 1.29 is 24.9 Å². The molecule has 1 amide bonds. The Morgan fingerprint density at radius 3 is 2.59 bits per heavy atom. The van der Waals surface area contributed by atoms with Crippen LogP contribution in [0.3, 0.4) is 0 Å². The van der Waals surface area contributed by atoms with E-state index in [1.807, 2.05) is 0 Å². The Bertz CT molecular complexity index is 347. The second-order valence-corrected chi connectivity index (χ2v) is 5.00. The number of hydrogen-bond acceptors (Lipinski definition) is 5. The van der Waals surface area contributed by atoms with Gasteiger partial charge in [-0.1, -0.05) is 19.1 Å². The Balaban J connectivity index is 3.83. The summed E-state index contributed by atoms with van der Waals surface area (Å²) in [5.41, 5.74) is 0. The molecule has 0 rings (SSSR count). The maximum Gasteiger partial charge on any atom is 0.317 e. The number of unbranched alkanes of at least 4 members (excludes halogenated alkanes) is 2. The molecule has 7 heteroatoms. The first-order valence-electron chi connectivity index (χ1n) is 7.67. The average molecular weight is 316 g/mol. The highest BCUT2D eigenvalue weighted by Crippen LogP contribution is 2.01. The number of carboxylic acid groups (broad SMARTS) is 1. The van der Waals surface area contributed by atoms with Crippen molar-refractivity contribution in [2.45, 2.75) is 45.3 Å². The molecule has 0 spiro atoms. The molecule has 0 aromatic rings. The molecule has 128 valence electrons. The number of aliphatic hydroxyl groups excluding tert-OH is 2. The maximum atomic E-state index is 11.6. The van der Waals surface area contributed by atoms with E-state index in [9.17, 15) is 14.7 Å². The number of hydrogen-bond donors (Lipinski definition) is 4. The number of carboxylic acids is 1. The van der Waals surface area contributed by atoms with Gasteiger partial charge in [0.2, 0.25) is 5.91 Å². The van der Waals surface area contributed by atoms with Gasteiger partial charge in [-0.05, 0) is 25.7 Å². The Kier molecular flexibility index (Phi) is 12.4. The molecule has 1 unspecified atom stereocenters. The molecule has 0 saturated carbocycles. The first-order chi connectivity index (χ1) is 10.5. The highest BCUT2D eigenvalue weighted by molar-refractivity contribution is 5.75. The monoisotopic (exact) mass is 316 g/mol. The molecule has 0 bridgehead atoms. The van der Waals surface area contributed by atoms with Crippen LogP contribution in [0.2, 0.25) is 0 Å². The van der Waals surface area contributed by atoms with Gasteiger partial charge in [0.15, 0.2) is 0 Å². The van der Waals surface area contributed by atoms with Crippen LogP contribution >= 0.6 is 0 Å². The lowest BCUT2D eigenvalue weighted by Gasteiger charge is -2.24. The first-order valence-corrected chi connectivity index (χ1v) is 7.67. The van der Waals surface area contributed by atoms with E-state index >= 15 is 0 Å². The quantitative estimate of drug-likeness (QED) is 0.221. The first kappa shape index (κ1) is 20.6. The number of aliphatic carboxylic acids is 1.